The lowest BCUT2D eigenvalue weighted by atomic mass is 10.00. The SMILES string of the molecule is CCOc1ccc(F)c([C@@H](Nc2ccc(CN)c(F)c2)C(=O)N2CCC[C@@H]2c2cc(NC(=O)OC)ccc2S(=O)(=O)C(C)C)c1.O=C(O)C(F)(F)F. The van der Waals surface area contributed by atoms with Crippen LogP contribution in [0.4, 0.5) is 38.1 Å². The Balaban J connectivity index is 0.000000944. The van der Waals surface area contributed by atoms with Gasteiger partial charge in [-0.25, -0.2) is 26.8 Å². The highest BCUT2D eigenvalue weighted by atomic mass is 32.2. The van der Waals surface area contributed by atoms with Crippen LogP contribution in [-0.2, 0) is 30.7 Å². The van der Waals surface area contributed by atoms with E-state index >= 15 is 4.39 Å². The monoisotopic (exact) mass is 758 g/mol. The second-order valence-corrected chi connectivity index (χ2v) is 14.1. The van der Waals surface area contributed by atoms with Crippen molar-refractivity contribution < 1.29 is 59.3 Å². The number of aliphatic carboxylic acids is 1. The summed E-state index contributed by atoms with van der Waals surface area (Å²) in [6, 6.07) is 10.6. The maximum atomic E-state index is 15.5. The number of alkyl halides is 3. The average molecular weight is 759 g/mol. The van der Waals surface area contributed by atoms with E-state index in [2.05, 4.69) is 10.6 Å². The van der Waals surface area contributed by atoms with Crippen LogP contribution >= 0.6 is 0 Å². The number of rotatable bonds is 11. The van der Waals surface area contributed by atoms with Crippen molar-refractivity contribution in [1.29, 1.82) is 0 Å². The van der Waals surface area contributed by atoms with E-state index in [1.54, 1.807) is 26.8 Å². The van der Waals surface area contributed by atoms with E-state index in [9.17, 15) is 35.6 Å². The smallest absolute Gasteiger partial charge is 0.490 e. The van der Waals surface area contributed by atoms with Gasteiger partial charge in [-0.3, -0.25) is 10.1 Å². The van der Waals surface area contributed by atoms with E-state index in [1.165, 1.54) is 60.5 Å². The molecule has 12 nitrogen and oxygen atoms in total. The van der Waals surface area contributed by atoms with E-state index in [0.717, 1.165) is 0 Å². The van der Waals surface area contributed by atoms with E-state index in [1.807, 2.05) is 0 Å². The number of carboxylic acid groups (broad SMARTS) is 1. The highest BCUT2D eigenvalue weighted by molar-refractivity contribution is 7.92. The number of carbonyl (C=O) groups is 3. The fraction of sp³-hybridized carbons (Fsp3) is 0.382. The minimum Gasteiger partial charge on any atom is -0.494 e. The Morgan fingerprint density at radius 2 is 1.67 bits per heavy atom. The van der Waals surface area contributed by atoms with Gasteiger partial charge in [0, 0.05) is 35.6 Å². The average Bonchev–Trinajstić information content (AvgIpc) is 3.58. The van der Waals surface area contributed by atoms with Crippen LogP contribution in [-0.4, -0.2) is 68.1 Å². The van der Waals surface area contributed by atoms with Gasteiger partial charge < -0.3 is 30.5 Å². The molecule has 2 atom stereocenters. The van der Waals surface area contributed by atoms with Crippen molar-refractivity contribution in [3.05, 3.63) is 82.9 Å². The third-order valence-corrected chi connectivity index (χ3v) is 10.2. The molecule has 1 aliphatic rings. The van der Waals surface area contributed by atoms with Gasteiger partial charge >= 0.3 is 18.2 Å². The van der Waals surface area contributed by atoms with Crippen LogP contribution in [0.2, 0.25) is 0 Å². The maximum absolute atomic E-state index is 15.5. The number of carboxylic acids is 1. The number of methoxy groups -OCH3 is 1. The van der Waals surface area contributed by atoms with Crippen molar-refractivity contribution in [1.82, 2.24) is 4.90 Å². The fourth-order valence-corrected chi connectivity index (χ4v) is 6.62. The number of carbonyl (C=O) groups excluding carboxylic acids is 2. The molecule has 0 aliphatic carbocycles. The third kappa shape index (κ3) is 10.1. The van der Waals surface area contributed by atoms with Gasteiger partial charge in [0.1, 0.15) is 23.4 Å². The minimum absolute atomic E-state index is 0.0195. The predicted molar refractivity (Wildman–Crippen MR) is 180 cm³/mol. The predicted octanol–water partition coefficient (Wildman–Crippen LogP) is 6.33. The number of hydrogen-bond acceptors (Lipinski definition) is 9. The molecule has 0 radical (unpaired) electrons. The summed E-state index contributed by atoms with van der Waals surface area (Å²) in [4.78, 5) is 36.8. The van der Waals surface area contributed by atoms with Crippen LogP contribution in [0.25, 0.3) is 0 Å². The molecule has 1 fully saturated rings. The quantitative estimate of drug-likeness (QED) is 0.162. The first-order valence-electron chi connectivity index (χ1n) is 15.9. The maximum Gasteiger partial charge on any atom is 0.490 e. The van der Waals surface area contributed by atoms with E-state index in [0.29, 0.717) is 30.8 Å². The molecular formula is C34H39F5N4O8S. The first kappa shape index (κ1) is 41.5. The Kier molecular flexibility index (Phi) is 13.9. The Morgan fingerprint density at radius 3 is 2.23 bits per heavy atom. The number of nitrogens with one attached hydrogen (secondary N) is 2. The molecule has 0 bridgehead atoms. The standard InChI is InChI=1S/C32H38F2N4O6S.C2HF3O2/c1-5-44-23-11-12-26(33)24(17-23)30(36-22-9-8-20(18-35)27(34)16-22)31(39)38-14-6-7-28(38)25-15-21(37-32(40)43-4)10-13-29(25)45(41,42)19(2)3;3-2(4,5)1(6)7/h8-13,15-17,19,28,30,36H,5-7,14,18,35H2,1-4H3,(H,37,40);(H,6,7)/t28-,30-;/m1./s1. The first-order valence-corrected chi connectivity index (χ1v) is 17.4. The molecule has 2 amide bonds. The highest BCUT2D eigenvalue weighted by Crippen LogP contribution is 2.40. The summed E-state index contributed by atoms with van der Waals surface area (Å²) in [5, 5.41) is 11.9. The van der Waals surface area contributed by atoms with Gasteiger partial charge in [-0.2, -0.15) is 13.2 Å². The zero-order chi connectivity index (χ0) is 39.0. The highest BCUT2D eigenvalue weighted by Gasteiger charge is 2.39. The summed E-state index contributed by atoms with van der Waals surface area (Å²) in [5.41, 5.74) is 6.65. The summed E-state index contributed by atoms with van der Waals surface area (Å²) in [7, 11) is -2.62. The van der Waals surface area contributed by atoms with Crippen molar-refractivity contribution in [3.8, 4) is 5.75 Å². The molecule has 0 saturated carbocycles. The largest absolute Gasteiger partial charge is 0.494 e. The topological polar surface area (TPSA) is 177 Å². The summed E-state index contributed by atoms with van der Waals surface area (Å²) in [5.74, 6) is -4.26. The molecule has 0 spiro atoms. The molecule has 1 saturated heterocycles. The number of nitrogens with two attached hydrogens (primary N) is 1. The van der Waals surface area contributed by atoms with Gasteiger partial charge in [-0.1, -0.05) is 6.07 Å². The molecular weight excluding hydrogens is 719 g/mol. The number of likely N-dealkylation sites (tertiary alicyclic amines) is 1. The van der Waals surface area contributed by atoms with E-state index < -0.39 is 63.0 Å². The molecule has 3 aromatic carbocycles. The Labute approximate surface area is 297 Å². The molecule has 18 heteroatoms. The Morgan fingerprint density at radius 1 is 1.02 bits per heavy atom. The van der Waals surface area contributed by atoms with Gasteiger partial charge in [0.15, 0.2) is 9.84 Å². The zero-order valence-corrected chi connectivity index (χ0v) is 29.4. The van der Waals surface area contributed by atoms with Gasteiger partial charge in [0.2, 0.25) is 5.91 Å². The summed E-state index contributed by atoms with van der Waals surface area (Å²) in [6.07, 6.45) is -4.90. The van der Waals surface area contributed by atoms with Crippen LogP contribution in [0.1, 0.15) is 62.4 Å². The van der Waals surface area contributed by atoms with Crippen LogP contribution in [0.5, 0.6) is 5.75 Å². The molecule has 3 aromatic rings. The number of sulfone groups is 1. The van der Waals surface area contributed by atoms with Crippen LogP contribution in [0.15, 0.2) is 59.5 Å². The van der Waals surface area contributed by atoms with Crippen molar-refractivity contribution in [2.24, 2.45) is 5.73 Å². The second-order valence-electron chi connectivity index (χ2n) is 11.7. The number of amides is 2. The fourth-order valence-electron chi connectivity index (χ4n) is 5.33. The van der Waals surface area contributed by atoms with Gasteiger partial charge in [-0.05, 0) is 87.7 Å². The molecule has 52 heavy (non-hydrogen) atoms. The Bertz CT molecular complexity index is 1870. The van der Waals surface area contributed by atoms with Crippen molar-refractivity contribution >= 4 is 39.2 Å². The number of anilines is 2. The molecule has 4 rings (SSSR count). The van der Waals surface area contributed by atoms with E-state index in [4.69, 9.17) is 25.1 Å². The molecule has 1 aliphatic heterocycles. The molecule has 0 aromatic heterocycles. The van der Waals surface area contributed by atoms with Crippen molar-refractivity contribution in [2.75, 3.05) is 30.9 Å². The third-order valence-electron chi connectivity index (χ3n) is 7.93. The molecule has 1 heterocycles. The van der Waals surface area contributed by atoms with E-state index in [-0.39, 0.29) is 40.5 Å². The molecule has 5 N–H and O–H groups in total. The zero-order valence-electron chi connectivity index (χ0n) is 28.6. The first-order chi connectivity index (χ1) is 24.3. The number of benzene rings is 3. The lowest BCUT2D eigenvalue weighted by Crippen LogP contribution is -2.38. The lowest BCUT2D eigenvalue weighted by molar-refractivity contribution is -0.192. The second kappa shape index (κ2) is 17.5. The number of ether oxygens (including phenoxy) is 2. The summed E-state index contributed by atoms with van der Waals surface area (Å²) in [6.45, 7) is 5.40. The minimum atomic E-state index is -5.08. The van der Waals surface area contributed by atoms with Crippen molar-refractivity contribution in [3.63, 3.8) is 0 Å². The Hall–Kier alpha value is -4.97. The molecule has 0 unspecified atom stereocenters. The lowest BCUT2D eigenvalue weighted by Gasteiger charge is -2.32. The van der Waals surface area contributed by atoms with Gasteiger partial charge in [-0.15, -0.1) is 0 Å². The van der Waals surface area contributed by atoms with Gasteiger partial charge in [0.05, 0.1) is 29.9 Å². The van der Waals surface area contributed by atoms with Crippen LogP contribution < -0.4 is 21.1 Å². The summed E-state index contributed by atoms with van der Waals surface area (Å²) < 4.78 is 99.1. The molecule has 284 valence electrons. The summed E-state index contributed by atoms with van der Waals surface area (Å²) >= 11 is 0. The van der Waals surface area contributed by atoms with Crippen molar-refractivity contribution in [2.45, 2.75) is 68.6 Å². The van der Waals surface area contributed by atoms with Crippen LogP contribution in [0.3, 0.4) is 0 Å². The van der Waals surface area contributed by atoms with Gasteiger partial charge in [0.25, 0.3) is 0 Å². The number of halogens is 5. The normalized spacial score (nSPS) is 15.0. The number of hydrogen-bond donors (Lipinski definition) is 4. The van der Waals surface area contributed by atoms with Crippen LogP contribution in [0, 0.1) is 11.6 Å². The number of nitrogens with zero attached hydrogens (tertiary/aromatic N) is 1.